The summed E-state index contributed by atoms with van der Waals surface area (Å²) >= 11 is 0. The molecule has 0 fully saturated rings. The Labute approximate surface area is 186 Å². The monoisotopic (exact) mass is 445 g/mol. The van der Waals surface area contributed by atoms with E-state index in [9.17, 15) is 18.8 Å². The van der Waals surface area contributed by atoms with Gasteiger partial charge in [-0.2, -0.15) is 0 Å². The molecule has 0 unspecified atom stereocenters. The van der Waals surface area contributed by atoms with E-state index in [1.165, 1.54) is 15.5 Å². The van der Waals surface area contributed by atoms with Gasteiger partial charge in [0.25, 0.3) is 5.56 Å². The van der Waals surface area contributed by atoms with Gasteiger partial charge in [0.1, 0.15) is 11.6 Å². The molecular formula is C23H32FN5O3. The Hall–Kier alpha value is -3.10. The van der Waals surface area contributed by atoms with E-state index in [0.717, 1.165) is 30.4 Å². The molecule has 0 radical (unpaired) electrons. The van der Waals surface area contributed by atoms with Crippen molar-refractivity contribution in [3.05, 3.63) is 49.9 Å². The van der Waals surface area contributed by atoms with Gasteiger partial charge in [-0.25, -0.2) is 9.18 Å². The molecule has 32 heavy (non-hydrogen) atoms. The number of nitrogen functional groups attached to an aromatic ring is 1. The Morgan fingerprint density at radius 3 is 2.69 bits per heavy atom. The van der Waals surface area contributed by atoms with E-state index in [4.69, 9.17) is 5.73 Å². The lowest BCUT2D eigenvalue weighted by Gasteiger charge is -2.34. The van der Waals surface area contributed by atoms with Crippen LogP contribution in [0.3, 0.4) is 0 Å². The Bertz CT molecular complexity index is 1110. The van der Waals surface area contributed by atoms with Crippen LogP contribution in [0.25, 0.3) is 0 Å². The van der Waals surface area contributed by atoms with Crippen LogP contribution in [-0.4, -0.2) is 35.1 Å². The van der Waals surface area contributed by atoms with E-state index in [1.54, 1.807) is 11.0 Å². The first-order chi connectivity index (χ1) is 15.3. The van der Waals surface area contributed by atoms with Crippen molar-refractivity contribution >= 4 is 23.1 Å². The molecule has 0 saturated heterocycles. The number of carbonyl (C=O) groups is 1. The minimum Gasteiger partial charge on any atom is -0.383 e. The van der Waals surface area contributed by atoms with Crippen molar-refractivity contribution in [1.29, 1.82) is 0 Å². The minimum atomic E-state index is -0.689. The molecule has 1 amide bonds. The summed E-state index contributed by atoms with van der Waals surface area (Å²) in [5.74, 6) is -0.732. The summed E-state index contributed by atoms with van der Waals surface area (Å²) < 4.78 is 16.0. The summed E-state index contributed by atoms with van der Waals surface area (Å²) in [6.07, 6.45) is 3.67. The van der Waals surface area contributed by atoms with Crippen molar-refractivity contribution in [3.8, 4) is 0 Å². The molecule has 0 bridgehead atoms. The molecule has 9 heteroatoms. The highest BCUT2D eigenvalue weighted by atomic mass is 19.1. The van der Waals surface area contributed by atoms with Crippen molar-refractivity contribution in [2.75, 3.05) is 35.2 Å². The number of hydrogen-bond acceptors (Lipinski definition) is 5. The molecule has 174 valence electrons. The topological polar surface area (TPSA) is 104 Å². The minimum absolute atomic E-state index is 0.0153. The molecule has 0 saturated carbocycles. The van der Waals surface area contributed by atoms with Gasteiger partial charge < -0.3 is 15.5 Å². The van der Waals surface area contributed by atoms with Crippen LogP contribution in [0.2, 0.25) is 0 Å². The van der Waals surface area contributed by atoms with Gasteiger partial charge in [0.05, 0.1) is 12.2 Å². The van der Waals surface area contributed by atoms with E-state index in [1.807, 2.05) is 20.8 Å². The fraction of sp³-hybridized carbons (Fsp3) is 0.522. The van der Waals surface area contributed by atoms with Crippen LogP contribution in [0.4, 0.5) is 21.6 Å². The molecule has 3 rings (SSSR count). The van der Waals surface area contributed by atoms with Crippen molar-refractivity contribution in [3.63, 3.8) is 0 Å². The standard InChI is InChI=1S/C23H32FN5O3/c1-4-6-13-28(20-21(25)29(11-5-2)23(32)26-22(20)31)18(30)14-27-12-7-8-16-15(3)9-10-17(24)19(16)27/h9-10H,4-8,11-14,25H2,1-3H3,(H,26,31,32). The number of hydrogen-bond donors (Lipinski definition) is 2. The highest BCUT2D eigenvalue weighted by Crippen LogP contribution is 2.32. The molecule has 1 aliphatic heterocycles. The lowest BCUT2D eigenvalue weighted by Crippen LogP contribution is -2.46. The summed E-state index contributed by atoms with van der Waals surface area (Å²) in [7, 11) is 0. The molecule has 2 heterocycles. The highest BCUT2D eigenvalue weighted by molar-refractivity contribution is 5.98. The number of nitrogens with two attached hydrogens (primary N) is 1. The van der Waals surface area contributed by atoms with Gasteiger partial charge in [-0.15, -0.1) is 0 Å². The Balaban J connectivity index is 2.00. The van der Waals surface area contributed by atoms with Gasteiger partial charge in [-0.1, -0.05) is 26.3 Å². The highest BCUT2D eigenvalue weighted by Gasteiger charge is 2.28. The third-order valence-electron chi connectivity index (χ3n) is 5.93. The normalized spacial score (nSPS) is 13.2. The molecule has 0 aliphatic carbocycles. The Morgan fingerprint density at radius 2 is 2.00 bits per heavy atom. The molecule has 1 aromatic heterocycles. The lowest BCUT2D eigenvalue weighted by atomic mass is 9.96. The zero-order chi connectivity index (χ0) is 23.4. The van der Waals surface area contributed by atoms with Crippen LogP contribution in [0.5, 0.6) is 0 Å². The molecule has 3 N–H and O–H groups in total. The largest absolute Gasteiger partial charge is 0.383 e. The number of aryl methyl sites for hydroxylation is 1. The molecule has 1 aliphatic rings. The van der Waals surface area contributed by atoms with Gasteiger partial charge in [0, 0.05) is 19.6 Å². The number of nitrogens with one attached hydrogen (secondary N) is 1. The number of carbonyl (C=O) groups excluding carboxylic acids is 1. The quantitative estimate of drug-likeness (QED) is 0.650. The van der Waals surface area contributed by atoms with Gasteiger partial charge in [0.2, 0.25) is 5.91 Å². The smallest absolute Gasteiger partial charge is 0.330 e. The second kappa shape index (κ2) is 10.0. The van der Waals surface area contributed by atoms with Crippen LogP contribution >= 0.6 is 0 Å². The maximum Gasteiger partial charge on any atom is 0.330 e. The van der Waals surface area contributed by atoms with Crippen LogP contribution in [0.1, 0.15) is 50.7 Å². The predicted molar refractivity (Wildman–Crippen MR) is 125 cm³/mol. The first kappa shape index (κ1) is 23.6. The fourth-order valence-electron chi connectivity index (χ4n) is 4.29. The van der Waals surface area contributed by atoms with Crippen LogP contribution in [0, 0.1) is 12.7 Å². The van der Waals surface area contributed by atoms with Gasteiger partial charge >= 0.3 is 5.69 Å². The Kier molecular flexibility index (Phi) is 7.37. The number of nitrogens with zero attached hydrogens (tertiary/aromatic N) is 3. The van der Waals surface area contributed by atoms with E-state index >= 15 is 0 Å². The number of rotatable bonds is 8. The van der Waals surface area contributed by atoms with Gasteiger partial charge in [-0.3, -0.25) is 19.1 Å². The zero-order valence-electron chi connectivity index (χ0n) is 19.0. The third-order valence-corrected chi connectivity index (χ3v) is 5.93. The second-order valence-electron chi connectivity index (χ2n) is 8.26. The number of unbranched alkanes of at least 4 members (excludes halogenated alkanes) is 1. The molecule has 8 nitrogen and oxygen atoms in total. The van der Waals surface area contributed by atoms with Crippen molar-refractivity contribution in [2.45, 2.75) is 59.4 Å². The third kappa shape index (κ3) is 4.56. The van der Waals surface area contributed by atoms with E-state index < -0.39 is 11.2 Å². The number of H-pyrrole nitrogens is 1. The first-order valence-electron chi connectivity index (χ1n) is 11.3. The summed E-state index contributed by atoms with van der Waals surface area (Å²) in [4.78, 5) is 43.7. The number of amides is 1. The number of aromatic nitrogens is 2. The maximum absolute atomic E-state index is 14.7. The van der Waals surface area contributed by atoms with Crippen LogP contribution < -0.4 is 26.8 Å². The SMILES string of the molecule is CCCCN(C(=O)CN1CCCc2c(C)ccc(F)c21)c1c(N)n(CCC)c(=O)[nH]c1=O. The van der Waals surface area contributed by atoms with E-state index in [-0.39, 0.29) is 36.3 Å². The van der Waals surface area contributed by atoms with Crippen molar-refractivity contribution in [2.24, 2.45) is 0 Å². The average Bonchev–Trinajstić information content (AvgIpc) is 2.76. The average molecular weight is 446 g/mol. The molecule has 0 spiro atoms. The first-order valence-corrected chi connectivity index (χ1v) is 11.3. The number of fused-ring (bicyclic) bond motifs is 1. The fourth-order valence-corrected chi connectivity index (χ4v) is 4.29. The maximum atomic E-state index is 14.7. The van der Waals surface area contributed by atoms with Crippen LogP contribution in [0.15, 0.2) is 21.7 Å². The number of anilines is 3. The second-order valence-corrected chi connectivity index (χ2v) is 8.26. The molecule has 0 atom stereocenters. The number of benzene rings is 1. The van der Waals surface area contributed by atoms with E-state index in [0.29, 0.717) is 31.6 Å². The van der Waals surface area contributed by atoms with Gasteiger partial charge in [0.15, 0.2) is 5.69 Å². The van der Waals surface area contributed by atoms with Crippen molar-refractivity contribution in [1.82, 2.24) is 9.55 Å². The van der Waals surface area contributed by atoms with Crippen molar-refractivity contribution < 1.29 is 9.18 Å². The van der Waals surface area contributed by atoms with Gasteiger partial charge in [-0.05, 0) is 49.8 Å². The molecule has 1 aromatic carbocycles. The zero-order valence-corrected chi connectivity index (χ0v) is 19.0. The van der Waals surface area contributed by atoms with Crippen LogP contribution in [-0.2, 0) is 17.8 Å². The predicted octanol–water partition coefficient (Wildman–Crippen LogP) is 2.56. The Morgan fingerprint density at radius 1 is 1.25 bits per heavy atom. The lowest BCUT2D eigenvalue weighted by molar-refractivity contribution is -0.117. The summed E-state index contributed by atoms with van der Waals surface area (Å²) in [6.45, 7) is 6.88. The molecule has 2 aromatic rings. The number of halogens is 1. The number of aromatic amines is 1. The van der Waals surface area contributed by atoms with E-state index in [2.05, 4.69) is 4.98 Å². The summed E-state index contributed by atoms with van der Waals surface area (Å²) in [6, 6.07) is 3.18. The summed E-state index contributed by atoms with van der Waals surface area (Å²) in [5, 5.41) is 0. The molecular weight excluding hydrogens is 413 g/mol. The summed E-state index contributed by atoms with van der Waals surface area (Å²) in [5.41, 5.74) is 7.28.